The van der Waals surface area contributed by atoms with Gasteiger partial charge >= 0.3 is 0 Å². The van der Waals surface area contributed by atoms with Gasteiger partial charge in [0.15, 0.2) is 11.5 Å². The molecule has 3 aromatic carbocycles. The molecule has 0 saturated carbocycles. The molecular weight excluding hydrogens is 511 g/mol. The third-order valence-corrected chi connectivity index (χ3v) is 8.23. The topological polar surface area (TPSA) is 94.2 Å². The molecule has 2 heterocycles. The summed E-state index contributed by atoms with van der Waals surface area (Å²) in [6, 6.07) is 14.6. The van der Waals surface area contributed by atoms with E-state index in [-0.39, 0.29) is 16.6 Å². The summed E-state index contributed by atoms with van der Waals surface area (Å²) in [5.74, 6) is 0.399. The molecule has 5 rings (SSSR count). The number of aryl methyl sites for hydroxylation is 1. The second-order valence-corrected chi connectivity index (χ2v) is 11.9. The molecule has 0 aromatic heterocycles. The molecule has 1 atom stereocenters. The van der Waals surface area contributed by atoms with Gasteiger partial charge in [0.05, 0.1) is 16.6 Å². The first kappa shape index (κ1) is 25.8. The number of benzene rings is 3. The summed E-state index contributed by atoms with van der Waals surface area (Å²) in [7, 11) is -4.24. The van der Waals surface area contributed by atoms with Crippen LogP contribution >= 0.6 is 0 Å². The monoisotopic (exact) mass is 540 g/mol. The fraction of sp³-hybridized carbons (Fsp3) is 0.321. The Kier molecular flexibility index (Phi) is 6.68. The van der Waals surface area contributed by atoms with Crippen LogP contribution in [0.2, 0.25) is 0 Å². The second kappa shape index (κ2) is 9.83. The molecule has 0 saturated heterocycles. The summed E-state index contributed by atoms with van der Waals surface area (Å²) in [6.45, 7) is 5.99. The summed E-state index contributed by atoms with van der Waals surface area (Å²) in [5, 5.41) is 2.99. The summed E-state index contributed by atoms with van der Waals surface area (Å²) >= 11 is 0. The maximum absolute atomic E-state index is 13.8. The van der Waals surface area contributed by atoms with Gasteiger partial charge in [0, 0.05) is 18.1 Å². The van der Waals surface area contributed by atoms with E-state index < -0.39 is 33.9 Å². The maximum atomic E-state index is 13.8. The van der Waals surface area contributed by atoms with Gasteiger partial charge in [-0.05, 0) is 68.8 Å². The van der Waals surface area contributed by atoms with Crippen LogP contribution in [-0.4, -0.2) is 39.7 Å². The molecule has 0 radical (unpaired) electrons. The predicted molar refractivity (Wildman–Crippen MR) is 140 cm³/mol. The Bertz CT molecular complexity index is 1470. The number of anilines is 1. The number of amides is 1. The van der Waals surface area contributed by atoms with Crippen molar-refractivity contribution in [2.75, 3.05) is 24.1 Å². The van der Waals surface area contributed by atoms with Crippen molar-refractivity contribution in [1.29, 1.82) is 0 Å². The van der Waals surface area contributed by atoms with Crippen molar-refractivity contribution in [3.05, 3.63) is 77.6 Å². The van der Waals surface area contributed by atoms with E-state index >= 15 is 0 Å². The van der Waals surface area contributed by atoms with Crippen LogP contribution in [0.5, 0.6) is 17.2 Å². The Morgan fingerprint density at radius 3 is 2.45 bits per heavy atom. The van der Waals surface area contributed by atoms with Crippen molar-refractivity contribution in [3.63, 3.8) is 0 Å². The first-order valence-electron chi connectivity index (χ1n) is 12.3. The molecule has 10 heteroatoms. The summed E-state index contributed by atoms with van der Waals surface area (Å²) in [4.78, 5) is 13.3. The fourth-order valence-electron chi connectivity index (χ4n) is 4.69. The molecule has 0 bridgehead atoms. The van der Waals surface area contributed by atoms with Crippen molar-refractivity contribution < 1.29 is 31.8 Å². The van der Waals surface area contributed by atoms with Crippen LogP contribution in [0.25, 0.3) is 0 Å². The number of rotatable bonds is 6. The number of ether oxygens (including phenoxy) is 3. The van der Waals surface area contributed by atoms with E-state index in [1.807, 2.05) is 39.0 Å². The minimum atomic E-state index is -4.24. The zero-order chi connectivity index (χ0) is 27.1. The Labute approximate surface area is 221 Å². The average molecular weight is 541 g/mol. The van der Waals surface area contributed by atoms with Crippen LogP contribution < -0.4 is 23.8 Å². The van der Waals surface area contributed by atoms with Gasteiger partial charge in [0.2, 0.25) is 5.91 Å². The maximum Gasteiger partial charge on any atom is 0.264 e. The van der Waals surface area contributed by atoms with Crippen molar-refractivity contribution in [2.45, 2.75) is 43.7 Å². The molecule has 8 nitrogen and oxygen atoms in total. The Morgan fingerprint density at radius 1 is 1.00 bits per heavy atom. The van der Waals surface area contributed by atoms with E-state index in [9.17, 15) is 17.6 Å². The first-order valence-corrected chi connectivity index (χ1v) is 13.7. The molecule has 200 valence electrons. The van der Waals surface area contributed by atoms with Crippen LogP contribution in [0.4, 0.5) is 10.1 Å². The fourth-order valence-corrected chi connectivity index (χ4v) is 6.13. The number of carbonyl (C=O) groups excluding carboxylic acids is 1. The standard InChI is InChI=1S/C28H29FN2O6S/c1-18-4-10-22-23(16-28(2,3)37-25(22)14-18)30-27(32)17-31(20-7-5-19(29)6-8-20)38(33,34)21-9-11-24-26(15-21)36-13-12-35-24/h4-11,14-15,23H,12-13,16-17H2,1-3H3,(H,30,32). The summed E-state index contributed by atoms with van der Waals surface area (Å²) < 4.78 is 59.4. The van der Waals surface area contributed by atoms with Gasteiger partial charge in [0.25, 0.3) is 10.0 Å². The van der Waals surface area contributed by atoms with Crippen molar-refractivity contribution in [2.24, 2.45) is 0 Å². The number of carbonyl (C=O) groups is 1. The van der Waals surface area contributed by atoms with E-state index in [2.05, 4.69) is 5.32 Å². The Hall–Kier alpha value is -3.79. The molecule has 38 heavy (non-hydrogen) atoms. The van der Waals surface area contributed by atoms with Gasteiger partial charge in [-0.2, -0.15) is 0 Å². The molecule has 3 aromatic rings. The highest BCUT2D eigenvalue weighted by Gasteiger charge is 2.36. The van der Waals surface area contributed by atoms with Crippen LogP contribution in [0.1, 0.15) is 37.4 Å². The highest BCUT2D eigenvalue weighted by molar-refractivity contribution is 7.92. The number of halogens is 1. The highest BCUT2D eigenvalue weighted by atomic mass is 32.2. The SMILES string of the molecule is Cc1ccc2c(c1)OC(C)(C)CC2NC(=O)CN(c1ccc(F)cc1)S(=O)(=O)c1ccc2c(c1)OCCO2. The molecule has 1 amide bonds. The predicted octanol–water partition coefficient (Wildman–Crippen LogP) is 4.52. The number of hydrogen-bond acceptors (Lipinski definition) is 6. The lowest BCUT2D eigenvalue weighted by Gasteiger charge is -2.38. The van der Waals surface area contributed by atoms with Gasteiger partial charge in [0.1, 0.15) is 36.9 Å². The normalized spacial score (nSPS) is 17.6. The number of nitrogens with zero attached hydrogens (tertiary/aromatic N) is 1. The second-order valence-electron chi connectivity index (χ2n) is 10.0. The zero-order valence-corrected chi connectivity index (χ0v) is 22.2. The van der Waals surface area contributed by atoms with Crippen LogP contribution in [0, 0.1) is 12.7 Å². The highest BCUT2D eigenvalue weighted by Crippen LogP contribution is 2.40. The van der Waals surface area contributed by atoms with Gasteiger partial charge in [-0.15, -0.1) is 0 Å². The molecule has 0 aliphatic carbocycles. The van der Waals surface area contributed by atoms with E-state index in [4.69, 9.17) is 14.2 Å². The summed E-state index contributed by atoms with van der Waals surface area (Å²) in [6.07, 6.45) is 0.500. The molecule has 1 N–H and O–H groups in total. The van der Waals surface area contributed by atoms with Crippen LogP contribution in [-0.2, 0) is 14.8 Å². The van der Waals surface area contributed by atoms with E-state index in [0.29, 0.717) is 36.9 Å². The number of sulfonamides is 1. The minimum absolute atomic E-state index is 0.0769. The van der Waals surface area contributed by atoms with E-state index in [1.165, 1.54) is 30.3 Å². The van der Waals surface area contributed by atoms with E-state index in [1.54, 1.807) is 0 Å². The third kappa shape index (κ3) is 5.26. The molecule has 2 aliphatic rings. The van der Waals surface area contributed by atoms with Gasteiger partial charge < -0.3 is 19.5 Å². The lowest BCUT2D eigenvalue weighted by atomic mass is 9.89. The van der Waals surface area contributed by atoms with Crippen molar-refractivity contribution in [3.8, 4) is 17.2 Å². The summed E-state index contributed by atoms with van der Waals surface area (Å²) in [5.41, 5.74) is 1.47. The third-order valence-electron chi connectivity index (χ3n) is 6.47. The van der Waals surface area contributed by atoms with E-state index in [0.717, 1.165) is 27.6 Å². The molecule has 1 unspecified atom stereocenters. The van der Waals surface area contributed by atoms with Gasteiger partial charge in [-0.1, -0.05) is 12.1 Å². The zero-order valence-electron chi connectivity index (χ0n) is 21.4. The molecule has 2 aliphatic heterocycles. The molecular formula is C28H29FN2O6S. The number of hydrogen-bond donors (Lipinski definition) is 1. The lowest BCUT2D eigenvalue weighted by molar-refractivity contribution is -0.120. The van der Waals surface area contributed by atoms with Gasteiger partial charge in [-0.3, -0.25) is 9.10 Å². The average Bonchev–Trinajstić information content (AvgIpc) is 2.86. The van der Waals surface area contributed by atoms with Crippen LogP contribution in [0.3, 0.4) is 0 Å². The molecule has 0 spiro atoms. The van der Waals surface area contributed by atoms with Crippen molar-refractivity contribution in [1.82, 2.24) is 5.32 Å². The lowest BCUT2D eigenvalue weighted by Crippen LogP contribution is -2.45. The van der Waals surface area contributed by atoms with Crippen molar-refractivity contribution >= 4 is 21.6 Å². The number of nitrogens with one attached hydrogen (secondary N) is 1. The van der Waals surface area contributed by atoms with Gasteiger partial charge in [-0.25, -0.2) is 12.8 Å². The Balaban J connectivity index is 1.45. The smallest absolute Gasteiger partial charge is 0.264 e. The minimum Gasteiger partial charge on any atom is -0.487 e. The van der Waals surface area contributed by atoms with Crippen LogP contribution in [0.15, 0.2) is 65.6 Å². The Morgan fingerprint density at radius 2 is 1.71 bits per heavy atom. The largest absolute Gasteiger partial charge is 0.487 e. The molecule has 0 fully saturated rings. The number of fused-ring (bicyclic) bond motifs is 2. The quantitative estimate of drug-likeness (QED) is 0.494. The first-order chi connectivity index (χ1) is 18.0.